The van der Waals surface area contributed by atoms with Gasteiger partial charge in [-0.3, -0.25) is 29.3 Å². The zero-order valence-corrected chi connectivity index (χ0v) is 52.1. The lowest BCUT2D eigenvalue weighted by atomic mass is 10.1. The second kappa shape index (κ2) is 32.7. The Morgan fingerprint density at radius 2 is 1.29 bits per heavy atom. The number of rotatable bonds is 33. The molecule has 0 radical (unpaired) electrons. The maximum Gasteiger partial charge on any atom is 0.411 e. The highest BCUT2D eigenvalue weighted by Gasteiger charge is 2.40. The fourth-order valence-electron chi connectivity index (χ4n) is 9.15. The summed E-state index contributed by atoms with van der Waals surface area (Å²) in [6.07, 6.45) is 2.34. The molecule has 0 saturated carbocycles. The average Bonchev–Trinajstić information content (AvgIpc) is 3.73. The van der Waals surface area contributed by atoms with E-state index in [4.69, 9.17) is 48.1 Å². The van der Waals surface area contributed by atoms with Crippen LogP contribution in [0.25, 0.3) is 0 Å². The van der Waals surface area contributed by atoms with E-state index in [1.165, 1.54) is 27.4 Å². The number of esters is 2. The SMILES string of the molecule is C=CCOC(=O)Nc1cc(OCc2cc(COc3cc(N)c(C(=O)N4CC(=C)C[C@H]4CC)cc3OC)cc(OCCOCCOCCOCC(=O)NC(CC(=O)OC)CC(=O)OC)c2)c(C)cc1C(=O)N1CC(=C)C[C@H]1CO[Si](C)(C)C(C)(C)C. The van der Waals surface area contributed by atoms with Crippen molar-refractivity contribution in [2.45, 2.75) is 116 Å². The Balaban J connectivity index is 1.29. The number of nitrogens with one attached hydrogen (secondary N) is 2. The monoisotopic (exact) mass is 1200 g/mol. The van der Waals surface area contributed by atoms with Crippen LogP contribution in [0.1, 0.15) is 97.2 Å². The van der Waals surface area contributed by atoms with Gasteiger partial charge in [-0.15, -0.1) is 0 Å². The standard InChI is InChI=1S/C62H87N5O17Si/c1-14-16-81-61(73)65-52-33-53(42(5)25-50(52)60(72)67-35-41(4)24-47(67)38-84-85(12,13)62(6,7)8)82-36-43-26-44(37-83-55-32-51(63)49(31-54(55)74-9)59(71)66-34-40(3)23-46(66)15-2)28-48(27-43)80-22-21-78-18-17-77-19-20-79-39-56(68)64-45(29-57(69)75-10)30-58(70)76-11/h14,25-28,31-33,45-47H,1,3-4,15-24,29-30,34-39,63H2,2,5-13H3,(H,64,68)(H,65,73)/t46-,47+/m1/s1. The van der Waals surface area contributed by atoms with E-state index in [2.05, 4.69) is 73.7 Å². The number of ether oxygens (including phenoxy) is 10. The summed E-state index contributed by atoms with van der Waals surface area (Å²) in [6, 6.07) is 10.9. The molecule has 0 spiro atoms. The molecule has 0 aromatic heterocycles. The number of aryl methyl sites for hydroxylation is 1. The van der Waals surface area contributed by atoms with Gasteiger partial charge in [0.05, 0.1) is 96.7 Å². The molecular formula is C62H87N5O17Si. The normalized spacial score (nSPS) is 15.1. The number of anilines is 2. The van der Waals surface area contributed by atoms with Gasteiger partial charge in [-0.2, -0.15) is 0 Å². The molecule has 2 fully saturated rings. The van der Waals surface area contributed by atoms with Crippen molar-refractivity contribution in [2.24, 2.45) is 0 Å². The highest BCUT2D eigenvalue weighted by atomic mass is 28.4. The fraction of sp³-hybridized carbons (Fsp3) is 0.516. The summed E-state index contributed by atoms with van der Waals surface area (Å²) in [6.45, 7) is 28.5. The lowest BCUT2D eigenvalue weighted by molar-refractivity contribution is -0.143. The number of carbonyl (C=O) groups is 6. The summed E-state index contributed by atoms with van der Waals surface area (Å²) in [5.74, 6) is -0.750. The summed E-state index contributed by atoms with van der Waals surface area (Å²) < 4.78 is 62.7. The van der Waals surface area contributed by atoms with Gasteiger partial charge in [0.15, 0.2) is 19.8 Å². The van der Waals surface area contributed by atoms with Crippen molar-refractivity contribution in [3.05, 3.63) is 107 Å². The molecule has 2 aliphatic heterocycles. The predicted molar refractivity (Wildman–Crippen MR) is 323 cm³/mol. The Bertz CT molecular complexity index is 2830. The van der Waals surface area contributed by atoms with Crippen molar-refractivity contribution in [2.75, 3.05) is 105 Å². The largest absolute Gasteiger partial charge is 0.493 e. The zero-order valence-electron chi connectivity index (χ0n) is 51.1. The van der Waals surface area contributed by atoms with Crippen LogP contribution >= 0.6 is 0 Å². The van der Waals surface area contributed by atoms with E-state index in [0.717, 1.165) is 24.0 Å². The lowest BCUT2D eigenvalue weighted by Crippen LogP contribution is -2.46. The van der Waals surface area contributed by atoms with Crippen molar-refractivity contribution >= 4 is 55.4 Å². The minimum absolute atomic E-state index is 0.0137. The van der Waals surface area contributed by atoms with E-state index in [-0.39, 0.29) is 125 Å². The molecule has 466 valence electrons. The number of methoxy groups -OCH3 is 3. The zero-order chi connectivity index (χ0) is 62.4. The molecule has 85 heavy (non-hydrogen) atoms. The molecular weight excluding hydrogens is 1110 g/mol. The van der Waals surface area contributed by atoms with Crippen LogP contribution in [0.3, 0.4) is 0 Å². The van der Waals surface area contributed by atoms with Crippen LogP contribution in [0.2, 0.25) is 18.1 Å². The Kier molecular flexibility index (Phi) is 26.3. The average molecular weight is 1200 g/mol. The number of carbonyl (C=O) groups excluding carboxylic acids is 6. The van der Waals surface area contributed by atoms with Gasteiger partial charge in [-0.05, 0) is 91.3 Å². The van der Waals surface area contributed by atoms with E-state index in [1.54, 1.807) is 34.1 Å². The molecule has 2 heterocycles. The molecule has 3 aromatic carbocycles. The molecule has 2 saturated heterocycles. The first-order valence-corrected chi connectivity index (χ1v) is 31.2. The molecule has 3 aromatic rings. The minimum Gasteiger partial charge on any atom is -0.493 e. The van der Waals surface area contributed by atoms with Crippen LogP contribution in [-0.2, 0) is 60.4 Å². The Labute approximate surface area is 500 Å². The minimum atomic E-state index is -2.15. The molecule has 5 rings (SSSR count). The first-order chi connectivity index (χ1) is 40.4. The van der Waals surface area contributed by atoms with Crippen LogP contribution in [0.15, 0.2) is 79.4 Å². The molecule has 0 aliphatic carbocycles. The Hall–Kier alpha value is -7.44. The van der Waals surface area contributed by atoms with E-state index in [9.17, 15) is 28.8 Å². The number of amides is 4. The summed E-state index contributed by atoms with van der Waals surface area (Å²) in [5.41, 5.74) is 11.4. The van der Waals surface area contributed by atoms with Gasteiger partial charge in [0.2, 0.25) is 5.91 Å². The van der Waals surface area contributed by atoms with Gasteiger partial charge < -0.3 is 72.6 Å². The van der Waals surface area contributed by atoms with E-state index >= 15 is 0 Å². The van der Waals surface area contributed by atoms with Gasteiger partial charge in [0.1, 0.15) is 44.5 Å². The van der Waals surface area contributed by atoms with Gasteiger partial charge >= 0.3 is 18.0 Å². The molecule has 0 bridgehead atoms. The third-order valence-corrected chi connectivity index (χ3v) is 19.3. The summed E-state index contributed by atoms with van der Waals surface area (Å²) in [7, 11) is 1.75. The molecule has 2 atom stereocenters. The van der Waals surface area contributed by atoms with Crippen LogP contribution in [0.5, 0.6) is 23.0 Å². The highest BCUT2D eigenvalue weighted by molar-refractivity contribution is 6.74. The first kappa shape index (κ1) is 68.3. The number of nitrogens with two attached hydrogens (primary N) is 1. The van der Waals surface area contributed by atoms with Crippen molar-refractivity contribution in [1.82, 2.24) is 15.1 Å². The molecule has 2 aliphatic rings. The summed E-state index contributed by atoms with van der Waals surface area (Å²) in [4.78, 5) is 80.9. The number of hydrogen-bond acceptors (Lipinski definition) is 18. The topological polar surface area (TPSA) is 261 Å². The first-order valence-electron chi connectivity index (χ1n) is 28.3. The van der Waals surface area contributed by atoms with Crippen LogP contribution in [0, 0.1) is 6.92 Å². The molecule has 4 amide bonds. The number of hydrogen-bond donors (Lipinski definition) is 3. The Morgan fingerprint density at radius 1 is 0.729 bits per heavy atom. The number of nitrogen functional groups attached to an aromatic ring is 1. The molecule has 22 nitrogen and oxygen atoms in total. The van der Waals surface area contributed by atoms with Crippen molar-refractivity contribution < 1.29 is 80.6 Å². The van der Waals surface area contributed by atoms with Gasteiger partial charge in [0, 0.05) is 43.0 Å². The second-order valence-electron chi connectivity index (χ2n) is 22.3. The number of nitrogens with zero attached hydrogens (tertiary/aromatic N) is 2. The van der Waals surface area contributed by atoms with Crippen LogP contribution in [0.4, 0.5) is 16.2 Å². The number of likely N-dealkylation sites (tertiary alicyclic amines) is 2. The summed E-state index contributed by atoms with van der Waals surface area (Å²) in [5, 5.41) is 5.30. The fourth-order valence-corrected chi connectivity index (χ4v) is 10.2. The molecule has 0 unspecified atom stereocenters. The quantitative estimate of drug-likeness (QED) is 0.0129. The maximum absolute atomic E-state index is 14.6. The Morgan fingerprint density at radius 3 is 1.87 bits per heavy atom. The third kappa shape index (κ3) is 20.6. The van der Waals surface area contributed by atoms with E-state index < -0.39 is 38.3 Å². The number of benzene rings is 3. The van der Waals surface area contributed by atoms with Crippen molar-refractivity contribution in [3.63, 3.8) is 0 Å². The lowest BCUT2D eigenvalue weighted by Gasteiger charge is -2.38. The van der Waals surface area contributed by atoms with E-state index in [0.29, 0.717) is 71.4 Å². The van der Waals surface area contributed by atoms with Gasteiger partial charge in [-0.1, -0.05) is 64.7 Å². The van der Waals surface area contributed by atoms with Crippen molar-refractivity contribution in [1.29, 1.82) is 0 Å². The maximum atomic E-state index is 14.6. The second-order valence-corrected chi connectivity index (χ2v) is 27.1. The predicted octanol–water partition coefficient (Wildman–Crippen LogP) is 8.49. The third-order valence-electron chi connectivity index (χ3n) is 14.8. The molecule has 4 N–H and O–H groups in total. The van der Waals surface area contributed by atoms with Crippen molar-refractivity contribution in [3.8, 4) is 23.0 Å². The van der Waals surface area contributed by atoms with Gasteiger partial charge in [0.25, 0.3) is 11.8 Å². The molecule has 23 heteroatoms. The van der Waals surface area contributed by atoms with E-state index in [1.807, 2.05) is 32.0 Å². The van der Waals surface area contributed by atoms with Gasteiger partial charge in [-0.25, -0.2) is 4.79 Å². The smallest absolute Gasteiger partial charge is 0.411 e. The van der Waals surface area contributed by atoms with Crippen LogP contribution in [-0.4, -0.2) is 166 Å². The summed E-state index contributed by atoms with van der Waals surface area (Å²) >= 11 is 0. The van der Waals surface area contributed by atoms with Crippen LogP contribution < -0.4 is 35.3 Å². The highest BCUT2D eigenvalue weighted by Crippen LogP contribution is 2.39.